The first-order chi connectivity index (χ1) is 7.45. The van der Waals surface area contributed by atoms with Gasteiger partial charge >= 0.3 is 0 Å². The second-order valence-corrected chi connectivity index (χ2v) is 5.19. The van der Waals surface area contributed by atoms with Gasteiger partial charge in [-0.15, -0.1) is 0 Å². The summed E-state index contributed by atoms with van der Waals surface area (Å²) in [5.41, 5.74) is 5.94. The first kappa shape index (κ1) is 13.0. The van der Waals surface area contributed by atoms with Crippen molar-refractivity contribution in [3.05, 3.63) is 24.3 Å². The Bertz CT molecular complexity index is 445. The van der Waals surface area contributed by atoms with Gasteiger partial charge < -0.3 is 11.1 Å². The van der Waals surface area contributed by atoms with E-state index in [9.17, 15) is 8.42 Å². The number of rotatable bonds is 5. The van der Waals surface area contributed by atoms with Gasteiger partial charge in [-0.05, 0) is 32.0 Å². The number of sulfonamides is 1. The molecule has 0 aromatic heterocycles. The summed E-state index contributed by atoms with van der Waals surface area (Å²) in [7, 11) is -3.69. The average Bonchev–Trinajstić information content (AvgIpc) is 2.17. The Balaban J connectivity index is 2.96. The molecule has 1 aromatic carbocycles. The molecule has 0 radical (unpaired) electrons. The van der Waals surface area contributed by atoms with Crippen LogP contribution in [0.1, 0.15) is 13.3 Å². The Hall–Kier alpha value is -1.11. The van der Waals surface area contributed by atoms with Gasteiger partial charge in [0.25, 0.3) is 0 Å². The lowest BCUT2D eigenvalue weighted by molar-refractivity contribution is 0.597. The lowest BCUT2D eigenvalue weighted by atomic mass is 10.2. The summed E-state index contributed by atoms with van der Waals surface area (Å²) in [4.78, 5) is 0.110. The fraction of sp³-hybridized carbons (Fsp3) is 0.400. The van der Waals surface area contributed by atoms with Gasteiger partial charge in [-0.3, -0.25) is 0 Å². The van der Waals surface area contributed by atoms with Gasteiger partial charge in [0.15, 0.2) is 0 Å². The topological polar surface area (TPSA) is 98.2 Å². The third-order valence-electron chi connectivity index (χ3n) is 2.20. The van der Waals surface area contributed by atoms with E-state index < -0.39 is 10.0 Å². The summed E-state index contributed by atoms with van der Waals surface area (Å²) in [6.45, 7) is 2.48. The summed E-state index contributed by atoms with van der Waals surface area (Å²) in [5.74, 6) is 0. The van der Waals surface area contributed by atoms with Crippen LogP contribution < -0.4 is 16.2 Å². The molecular formula is C10H17N3O2S. The van der Waals surface area contributed by atoms with Gasteiger partial charge in [-0.2, -0.15) is 0 Å². The second-order valence-electron chi connectivity index (χ2n) is 3.66. The van der Waals surface area contributed by atoms with Crippen LogP contribution in [0.2, 0.25) is 0 Å². The fourth-order valence-electron chi connectivity index (χ4n) is 1.42. The number of nitrogens with one attached hydrogen (secondary N) is 1. The minimum atomic E-state index is -3.69. The molecular weight excluding hydrogens is 226 g/mol. The van der Waals surface area contributed by atoms with E-state index in [4.69, 9.17) is 10.9 Å². The molecule has 0 bridgehead atoms. The van der Waals surface area contributed by atoms with E-state index in [1.54, 1.807) is 18.2 Å². The van der Waals surface area contributed by atoms with E-state index in [0.29, 0.717) is 12.2 Å². The highest BCUT2D eigenvalue weighted by Gasteiger charge is 2.14. The van der Waals surface area contributed by atoms with E-state index in [1.807, 2.05) is 6.92 Å². The average molecular weight is 243 g/mol. The van der Waals surface area contributed by atoms with Crippen molar-refractivity contribution in [2.75, 3.05) is 11.9 Å². The van der Waals surface area contributed by atoms with Crippen molar-refractivity contribution in [3.63, 3.8) is 0 Å². The molecule has 0 aliphatic rings. The summed E-state index contributed by atoms with van der Waals surface area (Å²) < 4.78 is 22.6. The molecule has 0 amide bonds. The molecule has 5 N–H and O–H groups in total. The molecule has 0 aliphatic heterocycles. The molecule has 5 nitrogen and oxygen atoms in total. The lowest BCUT2D eigenvalue weighted by Crippen LogP contribution is -2.22. The van der Waals surface area contributed by atoms with Crippen LogP contribution in [0.25, 0.3) is 0 Å². The van der Waals surface area contributed by atoms with Gasteiger partial charge in [0.1, 0.15) is 4.90 Å². The Kier molecular flexibility index (Phi) is 4.28. The van der Waals surface area contributed by atoms with E-state index in [1.165, 1.54) is 6.07 Å². The van der Waals surface area contributed by atoms with Crippen molar-refractivity contribution in [3.8, 4) is 0 Å². The smallest absolute Gasteiger partial charge is 0.240 e. The van der Waals surface area contributed by atoms with Crippen LogP contribution in [-0.4, -0.2) is 21.0 Å². The largest absolute Gasteiger partial charge is 0.381 e. The highest BCUT2D eigenvalue weighted by Crippen LogP contribution is 2.20. The van der Waals surface area contributed by atoms with Crippen LogP contribution >= 0.6 is 0 Å². The normalized spacial score (nSPS) is 13.4. The molecule has 0 spiro atoms. The lowest BCUT2D eigenvalue weighted by Gasteiger charge is -2.16. The Morgan fingerprint density at radius 1 is 1.38 bits per heavy atom. The zero-order valence-electron chi connectivity index (χ0n) is 9.18. The SMILES string of the molecule is CC(CCN)Nc1ccccc1S(N)(=O)=O. The highest BCUT2D eigenvalue weighted by atomic mass is 32.2. The van der Waals surface area contributed by atoms with Crippen molar-refractivity contribution < 1.29 is 8.42 Å². The number of primary sulfonamides is 1. The highest BCUT2D eigenvalue weighted by molar-refractivity contribution is 7.89. The molecule has 1 rings (SSSR count). The fourth-order valence-corrected chi connectivity index (χ4v) is 2.12. The van der Waals surface area contributed by atoms with Gasteiger partial charge in [0, 0.05) is 6.04 Å². The van der Waals surface area contributed by atoms with Crippen LogP contribution in [0.15, 0.2) is 29.2 Å². The van der Waals surface area contributed by atoms with Gasteiger partial charge in [0.2, 0.25) is 10.0 Å². The third kappa shape index (κ3) is 3.48. The second kappa shape index (κ2) is 5.29. The minimum absolute atomic E-state index is 0.105. The molecule has 0 saturated heterocycles. The molecule has 0 saturated carbocycles. The maximum Gasteiger partial charge on any atom is 0.240 e. The molecule has 1 unspecified atom stereocenters. The van der Waals surface area contributed by atoms with E-state index >= 15 is 0 Å². The number of hydrogen-bond acceptors (Lipinski definition) is 4. The third-order valence-corrected chi connectivity index (χ3v) is 3.16. The molecule has 0 heterocycles. The van der Waals surface area contributed by atoms with Crippen LogP contribution in [0.5, 0.6) is 0 Å². The Labute approximate surface area is 95.9 Å². The Morgan fingerprint density at radius 2 is 2.00 bits per heavy atom. The van der Waals surface area contributed by atoms with E-state index in [2.05, 4.69) is 5.32 Å². The number of para-hydroxylation sites is 1. The maximum atomic E-state index is 11.3. The molecule has 1 aromatic rings. The first-order valence-corrected chi connectivity index (χ1v) is 6.58. The zero-order chi connectivity index (χ0) is 12.2. The molecule has 0 fully saturated rings. The maximum absolute atomic E-state index is 11.3. The van der Waals surface area contributed by atoms with Crippen LogP contribution in [0, 0.1) is 0 Å². The quantitative estimate of drug-likeness (QED) is 0.700. The van der Waals surface area contributed by atoms with Gasteiger partial charge in [0.05, 0.1) is 5.69 Å². The summed E-state index contributed by atoms with van der Waals surface area (Å²) in [6, 6.07) is 6.66. The molecule has 6 heteroatoms. The van der Waals surface area contributed by atoms with E-state index in [0.717, 1.165) is 6.42 Å². The van der Waals surface area contributed by atoms with Crippen molar-refractivity contribution >= 4 is 15.7 Å². The Morgan fingerprint density at radius 3 is 2.56 bits per heavy atom. The summed E-state index contributed by atoms with van der Waals surface area (Å²) in [6.07, 6.45) is 0.763. The monoisotopic (exact) mass is 243 g/mol. The van der Waals surface area contributed by atoms with Crippen molar-refractivity contribution in [2.24, 2.45) is 10.9 Å². The standard InChI is InChI=1S/C10H17N3O2S/c1-8(6-7-11)13-9-4-2-3-5-10(9)16(12,14)15/h2-5,8,13H,6-7,11H2,1H3,(H2,12,14,15). The molecule has 1 atom stereocenters. The first-order valence-electron chi connectivity index (χ1n) is 5.03. The molecule has 0 aliphatic carbocycles. The summed E-state index contributed by atoms with van der Waals surface area (Å²) in [5, 5.41) is 8.19. The van der Waals surface area contributed by atoms with Gasteiger partial charge in [-0.1, -0.05) is 12.1 Å². The number of nitrogens with two attached hydrogens (primary N) is 2. The predicted molar refractivity (Wildman–Crippen MR) is 64.6 cm³/mol. The number of anilines is 1. The molecule has 90 valence electrons. The van der Waals surface area contributed by atoms with E-state index in [-0.39, 0.29) is 10.9 Å². The van der Waals surface area contributed by atoms with Crippen LogP contribution in [0.4, 0.5) is 5.69 Å². The number of benzene rings is 1. The molecule has 16 heavy (non-hydrogen) atoms. The van der Waals surface area contributed by atoms with Crippen LogP contribution in [-0.2, 0) is 10.0 Å². The summed E-state index contributed by atoms with van der Waals surface area (Å²) >= 11 is 0. The zero-order valence-corrected chi connectivity index (χ0v) is 10.00. The van der Waals surface area contributed by atoms with Gasteiger partial charge in [-0.25, -0.2) is 13.6 Å². The van der Waals surface area contributed by atoms with Crippen LogP contribution in [0.3, 0.4) is 0 Å². The predicted octanol–water partition coefficient (Wildman–Crippen LogP) is 0.483. The minimum Gasteiger partial charge on any atom is -0.381 e. The van der Waals surface area contributed by atoms with Crippen molar-refractivity contribution in [2.45, 2.75) is 24.3 Å². The van der Waals surface area contributed by atoms with Crippen molar-refractivity contribution in [1.29, 1.82) is 0 Å². The number of hydrogen-bond donors (Lipinski definition) is 3. The van der Waals surface area contributed by atoms with Crippen molar-refractivity contribution in [1.82, 2.24) is 0 Å².